The van der Waals surface area contributed by atoms with E-state index in [1.54, 1.807) is 0 Å². The predicted molar refractivity (Wildman–Crippen MR) is 72.5 cm³/mol. The first-order chi connectivity index (χ1) is 8.65. The Labute approximate surface area is 108 Å². The van der Waals surface area contributed by atoms with Crippen molar-refractivity contribution in [3.63, 3.8) is 0 Å². The smallest absolute Gasteiger partial charge is 0.142 e. The van der Waals surface area contributed by atoms with E-state index in [2.05, 4.69) is 40.7 Å². The highest BCUT2D eigenvalue weighted by molar-refractivity contribution is 5.26. The van der Waals surface area contributed by atoms with Crippen molar-refractivity contribution in [1.29, 1.82) is 0 Å². The summed E-state index contributed by atoms with van der Waals surface area (Å²) >= 11 is 0. The summed E-state index contributed by atoms with van der Waals surface area (Å²) in [5.41, 5.74) is 7.12. The maximum atomic E-state index is 5.93. The van der Waals surface area contributed by atoms with E-state index in [0.717, 1.165) is 11.6 Å². The van der Waals surface area contributed by atoms with Crippen molar-refractivity contribution in [2.75, 3.05) is 6.54 Å². The molecule has 2 rings (SSSR count). The van der Waals surface area contributed by atoms with Gasteiger partial charge in [0.1, 0.15) is 11.6 Å². The summed E-state index contributed by atoms with van der Waals surface area (Å²) in [5, 5.41) is 8.51. The summed E-state index contributed by atoms with van der Waals surface area (Å²) in [5.74, 6) is 2.00. The molecule has 4 nitrogen and oxygen atoms in total. The fourth-order valence-corrected chi connectivity index (χ4v) is 2.34. The average Bonchev–Trinajstić information content (AvgIpc) is 2.74. The quantitative estimate of drug-likeness (QED) is 0.897. The third-order valence-electron chi connectivity index (χ3n) is 3.16. The van der Waals surface area contributed by atoms with Gasteiger partial charge in [-0.1, -0.05) is 30.3 Å². The van der Waals surface area contributed by atoms with Crippen molar-refractivity contribution < 1.29 is 0 Å². The van der Waals surface area contributed by atoms with Crippen LogP contribution < -0.4 is 5.73 Å². The van der Waals surface area contributed by atoms with E-state index in [4.69, 9.17) is 5.73 Å². The third kappa shape index (κ3) is 2.29. The van der Waals surface area contributed by atoms with Crippen LogP contribution in [0.25, 0.3) is 0 Å². The average molecular weight is 244 g/mol. The fraction of sp³-hybridized carbons (Fsp3) is 0.429. The van der Waals surface area contributed by atoms with Gasteiger partial charge in [0.25, 0.3) is 0 Å². The van der Waals surface area contributed by atoms with Crippen LogP contribution in [0.5, 0.6) is 0 Å². The lowest BCUT2D eigenvalue weighted by molar-refractivity contribution is 0.538. The first-order valence-electron chi connectivity index (χ1n) is 6.31. The second-order valence-electron chi connectivity index (χ2n) is 4.77. The molecule has 0 fully saturated rings. The molecule has 4 heteroatoms. The van der Waals surface area contributed by atoms with Crippen LogP contribution in [0.15, 0.2) is 30.3 Å². The zero-order valence-electron chi connectivity index (χ0n) is 11.2. The van der Waals surface area contributed by atoms with Crippen LogP contribution in [0.4, 0.5) is 0 Å². The SMILES string of the molecule is Cc1nnc(C(CN)c2ccccc2)n1C(C)C. The van der Waals surface area contributed by atoms with E-state index in [1.165, 1.54) is 5.56 Å². The van der Waals surface area contributed by atoms with Gasteiger partial charge < -0.3 is 10.3 Å². The highest BCUT2D eigenvalue weighted by Crippen LogP contribution is 2.24. The van der Waals surface area contributed by atoms with Gasteiger partial charge in [-0.3, -0.25) is 0 Å². The van der Waals surface area contributed by atoms with E-state index in [9.17, 15) is 0 Å². The van der Waals surface area contributed by atoms with Gasteiger partial charge in [0.15, 0.2) is 0 Å². The topological polar surface area (TPSA) is 56.7 Å². The molecule has 0 amide bonds. The molecular formula is C14H20N4. The fourth-order valence-electron chi connectivity index (χ4n) is 2.34. The summed E-state index contributed by atoms with van der Waals surface area (Å²) in [4.78, 5) is 0. The number of aromatic nitrogens is 3. The minimum atomic E-state index is 0.106. The predicted octanol–water partition coefficient (Wildman–Crippen LogP) is 2.26. The first kappa shape index (κ1) is 12.8. The maximum absolute atomic E-state index is 5.93. The molecule has 0 aliphatic heterocycles. The van der Waals surface area contributed by atoms with Gasteiger partial charge >= 0.3 is 0 Å². The second kappa shape index (κ2) is 5.31. The summed E-state index contributed by atoms with van der Waals surface area (Å²) in [6.07, 6.45) is 0. The molecule has 96 valence electrons. The Morgan fingerprint density at radius 3 is 2.39 bits per heavy atom. The van der Waals surface area contributed by atoms with Crippen molar-refractivity contribution >= 4 is 0 Å². The van der Waals surface area contributed by atoms with Crippen LogP contribution in [0.3, 0.4) is 0 Å². The lowest BCUT2D eigenvalue weighted by Gasteiger charge is -2.19. The lowest BCUT2D eigenvalue weighted by atomic mass is 9.98. The van der Waals surface area contributed by atoms with Gasteiger partial charge in [-0.05, 0) is 26.3 Å². The number of nitrogens with two attached hydrogens (primary N) is 1. The number of hydrogen-bond acceptors (Lipinski definition) is 3. The normalized spacial score (nSPS) is 12.9. The van der Waals surface area contributed by atoms with E-state index in [-0.39, 0.29) is 5.92 Å². The molecule has 1 atom stereocenters. The Bertz CT molecular complexity index is 502. The Balaban J connectivity index is 2.46. The van der Waals surface area contributed by atoms with Crippen LogP contribution in [0.1, 0.15) is 43.0 Å². The molecule has 18 heavy (non-hydrogen) atoms. The van der Waals surface area contributed by atoms with Gasteiger partial charge in [-0.2, -0.15) is 0 Å². The molecule has 0 bridgehead atoms. The Morgan fingerprint density at radius 2 is 1.83 bits per heavy atom. The number of hydrogen-bond donors (Lipinski definition) is 1. The van der Waals surface area contributed by atoms with Crippen LogP contribution in [-0.2, 0) is 0 Å². The number of rotatable bonds is 4. The van der Waals surface area contributed by atoms with Crippen LogP contribution in [-0.4, -0.2) is 21.3 Å². The molecule has 2 N–H and O–H groups in total. The molecule has 0 aliphatic rings. The lowest BCUT2D eigenvalue weighted by Crippen LogP contribution is -2.20. The Hall–Kier alpha value is -1.68. The highest BCUT2D eigenvalue weighted by Gasteiger charge is 2.21. The van der Waals surface area contributed by atoms with Crippen molar-refractivity contribution in [1.82, 2.24) is 14.8 Å². The van der Waals surface area contributed by atoms with E-state index in [1.807, 2.05) is 25.1 Å². The monoisotopic (exact) mass is 244 g/mol. The third-order valence-corrected chi connectivity index (χ3v) is 3.16. The Kier molecular flexibility index (Phi) is 3.77. The molecule has 0 aliphatic carbocycles. The van der Waals surface area contributed by atoms with E-state index >= 15 is 0 Å². The maximum Gasteiger partial charge on any atom is 0.142 e. The molecular weight excluding hydrogens is 224 g/mol. The minimum Gasteiger partial charge on any atom is -0.329 e. The molecule has 0 radical (unpaired) electrons. The molecule has 0 spiro atoms. The van der Waals surface area contributed by atoms with Gasteiger partial charge in [-0.25, -0.2) is 0 Å². The van der Waals surface area contributed by atoms with Crippen molar-refractivity contribution in [2.24, 2.45) is 5.73 Å². The van der Waals surface area contributed by atoms with Crippen LogP contribution in [0.2, 0.25) is 0 Å². The van der Waals surface area contributed by atoms with E-state index in [0.29, 0.717) is 12.6 Å². The molecule has 0 saturated carbocycles. The van der Waals surface area contributed by atoms with Crippen molar-refractivity contribution in [2.45, 2.75) is 32.7 Å². The van der Waals surface area contributed by atoms with Crippen molar-refractivity contribution in [3.05, 3.63) is 47.5 Å². The molecule has 0 saturated heterocycles. The van der Waals surface area contributed by atoms with Gasteiger partial charge in [0.2, 0.25) is 0 Å². The molecule has 2 aromatic rings. The number of nitrogens with zero attached hydrogens (tertiary/aromatic N) is 3. The zero-order valence-corrected chi connectivity index (χ0v) is 11.2. The number of benzene rings is 1. The summed E-state index contributed by atoms with van der Waals surface area (Å²) < 4.78 is 2.16. The van der Waals surface area contributed by atoms with E-state index < -0.39 is 0 Å². The summed E-state index contributed by atoms with van der Waals surface area (Å²) in [7, 11) is 0. The standard InChI is InChI=1S/C14H20N4/c1-10(2)18-11(3)16-17-14(18)13(9-15)12-7-5-4-6-8-12/h4-8,10,13H,9,15H2,1-3H3. The largest absolute Gasteiger partial charge is 0.329 e. The summed E-state index contributed by atoms with van der Waals surface area (Å²) in [6.45, 7) is 6.79. The first-order valence-corrected chi connectivity index (χ1v) is 6.31. The molecule has 1 aromatic carbocycles. The molecule has 1 heterocycles. The van der Waals surface area contributed by atoms with Gasteiger partial charge in [0, 0.05) is 12.6 Å². The molecule has 1 unspecified atom stereocenters. The summed E-state index contributed by atoms with van der Waals surface area (Å²) in [6, 6.07) is 10.6. The van der Waals surface area contributed by atoms with Crippen molar-refractivity contribution in [3.8, 4) is 0 Å². The zero-order chi connectivity index (χ0) is 13.1. The molecule has 1 aromatic heterocycles. The van der Waals surface area contributed by atoms with Gasteiger partial charge in [-0.15, -0.1) is 10.2 Å². The second-order valence-corrected chi connectivity index (χ2v) is 4.77. The number of aryl methyl sites for hydroxylation is 1. The minimum absolute atomic E-state index is 0.106. The highest BCUT2D eigenvalue weighted by atomic mass is 15.3. The van der Waals surface area contributed by atoms with Crippen LogP contribution >= 0.6 is 0 Å². The van der Waals surface area contributed by atoms with Crippen LogP contribution in [0, 0.1) is 6.92 Å². The van der Waals surface area contributed by atoms with Gasteiger partial charge in [0.05, 0.1) is 5.92 Å². The Morgan fingerprint density at radius 1 is 1.17 bits per heavy atom.